The molecule has 1 radical (unpaired) electrons. The number of carboxylic acids is 2. The Morgan fingerprint density at radius 1 is 0.636 bits per heavy atom. The summed E-state index contributed by atoms with van der Waals surface area (Å²) in [7, 11) is -8.69. The van der Waals surface area contributed by atoms with Crippen molar-refractivity contribution >= 4 is 37.7 Å². The van der Waals surface area contributed by atoms with Crippen molar-refractivity contribution in [1.82, 2.24) is 9.97 Å². The zero-order chi connectivity index (χ0) is 24.4. The van der Waals surface area contributed by atoms with E-state index in [4.69, 9.17) is 19.6 Å². The number of aromatic carboxylic acids is 2. The van der Waals surface area contributed by atoms with Gasteiger partial charge in [0.2, 0.25) is 0 Å². The van der Waals surface area contributed by atoms with E-state index in [2.05, 4.69) is 9.97 Å². The number of nitrogens with zero attached hydrogens (tertiary/aromatic N) is 2. The topological polar surface area (TPSA) is 221 Å². The second-order valence-corrected chi connectivity index (χ2v) is 8.82. The molecule has 0 fully saturated rings. The van der Waals surface area contributed by atoms with Crippen LogP contribution in [0.3, 0.4) is 0 Å². The van der Waals surface area contributed by atoms with Gasteiger partial charge >= 0.3 is 32.3 Å². The second-order valence-electron chi connectivity index (χ2n) is 5.61. The first kappa shape index (κ1) is 30.3. The predicted octanol–water partition coefficient (Wildman–Crippen LogP) is -1.82. The summed E-state index contributed by atoms with van der Waals surface area (Å²) >= 11 is 0. The molecule has 15 heteroatoms. The molecule has 0 unspecified atom stereocenters. The van der Waals surface area contributed by atoms with Gasteiger partial charge in [-0.1, -0.05) is 12.1 Å². The third-order valence-electron chi connectivity index (χ3n) is 3.27. The fraction of sp³-hybridized carbons (Fsp3) is 0. The molecular weight excluding hydrogens is 530 g/mol. The fourth-order valence-corrected chi connectivity index (χ4v) is 2.88. The van der Waals surface area contributed by atoms with Crippen LogP contribution in [0.1, 0.15) is 21.0 Å². The largest absolute Gasteiger partial charge is 2.00 e. The SMILES string of the molecule is O=C([O-])c1ccccn1.O=C([O-])c1ccccn1.O=P(O)(O)c1ccc(P(=O)(O)O)cc1.[Cu+2]. The van der Waals surface area contributed by atoms with Crippen molar-refractivity contribution in [3.05, 3.63) is 84.4 Å². The molecule has 4 N–H and O–H groups in total. The Kier molecular flexibility index (Phi) is 12.6. The molecule has 0 spiro atoms. The van der Waals surface area contributed by atoms with Crippen LogP contribution >= 0.6 is 15.2 Å². The monoisotopic (exact) mass is 545 g/mol. The predicted molar refractivity (Wildman–Crippen MR) is 107 cm³/mol. The number of carboxylic acid groups (broad SMARTS) is 2. The summed E-state index contributed by atoms with van der Waals surface area (Å²) in [5.41, 5.74) is -0.0602. The molecule has 3 aromatic rings. The summed E-state index contributed by atoms with van der Waals surface area (Å²) in [4.78, 5) is 61.9. The first-order chi connectivity index (χ1) is 14.8. The molecule has 0 saturated carbocycles. The average Bonchev–Trinajstić information content (AvgIpc) is 2.75. The summed E-state index contributed by atoms with van der Waals surface area (Å²) in [6, 6.07) is 13.2. The number of aromatic nitrogens is 2. The molecule has 2 aromatic heterocycles. The van der Waals surface area contributed by atoms with E-state index in [0.717, 1.165) is 24.3 Å². The molecule has 2 heterocycles. The van der Waals surface area contributed by atoms with E-state index in [-0.39, 0.29) is 39.1 Å². The maximum atomic E-state index is 10.7. The Morgan fingerprint density at radius 3 is 1.09 bits per heavy atom. The summed E-state index contributed by atoms with van der Waals surface area (Å²) in [5.74, 6) is -2.48. The molecule has 0 saturated heterocycles. The minimum Gasteiger partial charge on any atom is -0.543 e. The standard InChI is InChI=1S/2C6H5NO2.C6H8O6P2.Cu/c2*8-6(9)5-3-1-2-4-7-5;7-13(8,9)5-1-2-6(4-3-5)14(10,11)12;/h2*1-4H,(H,8,9);1-4H,(H2,7,8,9)(H2,10,11,12);/q;;;+2/p-2. The van der Waals surface area contributed by atoms with Gasteiger partial charge in [0.15, 0.2) is 0 Å². The number of rotatable bonds is 4. The second kappa shape index (κ2) is 13.7. The van der Waals surface area contributed by atoms with Crippen molar-refractivity contribution in [2.24, 2.45) is 0 Å². The van der Waals surface area contributed by atoms with Crippen LogP contribution in [-0.4, -0.2) is 41.5 Å². The summed E-state index contributed by atoms with van der Waals surface area (Å²) in [6.07, 6.45) is 2.82. The third kappa shape index (κ3) is 11.6. The molecule has 0 bridgehead atoms. The van der Waals surface area contributed by atoms with E-state index in [9.17, 15) is 28.9 Å². The molecule has 0 amide bonds. The van der Waals surface area contributed by atoms with Crippen LogP contribution < -0.4 is 20.8 Å². The van der Waals surface area contributed by atoms with Crippen LogP contribution in [0.25, 0.3) is 0 Å². The number of hydrogen-bond acceptors (Lipinski definition) is 8. The smallest absolute Gasteiger partial charge is 0.543 e. The third-order valence-corrected chi connectivity index (χ3v) is 5.21. The molecular formula is C18H16CuN2O10P2. The molecule has 0 aliphatic heterocycles. The van der Waals surface area contributed by atoms with Gasteiger partial charge in [0.25, 0.3) is 0 Å². The number of benzene rings is 1. The Balaban J connectivity index is 0.000000476. The van der Waals surface area contributed by atoms with Gasteiger partial charge in [0.1, 0.15) is 0 Å². The van der Waals surface area contributed by atoms with E-state index in [0.29, 0.717) is 0 Å². The van der Waals surface area contributed by atoms with Crippen molar-refractivity contribution in [2.45, 2.75) is 0 Å². The van der Waals surface area contributed by atoms with Crippen molar-refractivity contribution in [2.75, 3.05) is 0 Å². The van der Waals surface area contributed by atoms with Gasteiger partial charge in [0.05, 0.1) is 33.9 Å². The number of hydrogen-bond donors (Lipinski definition) is 4. The van der Waals surface area contributed by atoms with Crippen molar-refractivity contribution in [3.8, 4) is 0 Å². The van der Waals surface area contributed by atoms with E-state index < -0.39 is 27.1 Å². The van der Waals surface area contributed by atoms with E-state index in [1.165, 1.54) is 24.5 Å². The van der Waals surface area contributed by atoms with Gasteiger partial charge in [-0.05, 0) is 48.5 Å². The van der Waals surface area contributed by atoms with Crippen LogP contribution in [0.5, 0.6) is 0 Å². The maximum absolute atomic E-state index is 10.7. The molecule has 179 valence electrons. The van der Waals surface area contributed by atoms with Crippen molar-refractivity contribution in [3.63, 3.8) is 0 Å². The van der Waals surface area contributed by atoms with Gasteiger partial charge in [0, 0.05) is 12.4 Å². The van der Waals surface area contributed by atoms with Gasteiger partial charge in [-0.2, -0.15) is 0 Å². The van der Waals surface area contributed by atoms with Gasteiger partial charge in [-0.3, -0.25) is 19.1 Å². The molecule has 33 heavy (non-hydrogen) atoms. The molecule has 3 rings (SSSR count). The zero-order valence-corrected chi connectivity index (χ0v) is 19.0. The molecule has 0 aliphatic rings. The number of carbonyl (C=O) groups excluding carboxylic acids is 2. The number of carbonyl (C=O) groups is 2. The Hall–Kier alpha value is -2.72. The number of pyridine rings is 2. The molecule has 1 aromatic carbocycles. The van der Waals surface area contributed by atoms with E-state index in [1.807, 2.05) is 0 Å². The Labute approximate surface area is 197 Å². The summed E-state index contributed by atoms with van der Waals surface area (Å²) in [6.45, 7) is 0. The Bertz CT molecular complexity index is 1030. The Morgan fingerprint density at radius 2 is 0.939 bits per heavy atom. The first-order valence-electron chi connectivity index (χ1n) is 8.29. The first-order valence-corrected chi connectivity index (χ1v) is 11.5. The van der Waals surface area contributed by atoms with E-state index in [1.54, 1.807) is 24.3 Å². The van der Waals surface area contributed by atoms with Gasteiger partial charge in [-0.15, -0.1) is 0 Å². The van der Waals surface area contributed by atoms with Gasteiger partial charge in [-0.25, -0.2) is 0 Å². The van der Waals surface area contributed by atoms with Crippen LogP contribution in [0, 0.1) is 0 Å². The zero-order valence-electron chi connectivity index (χ0n) is 16.3. The fourth-order valence-electron chi connectivity index (χ4n) is 1.81. The van der Waals surface area contributed by atoms with Crippen LogP contribution in [0.2, 0.25) is 0 Å². The normalized spacial score (nSPS) is 10.3. The van der Waals surface area contributed by atoms with Gasteiger partial charge < -0.3 is 39.4 Å². The van der Waals surface area contributed by atoms with E-state index >= 15 is 0 Å². The minimum absolute atomic E-state index is 0. The molecule has 12 nitrogen and oxygen atoms in total. The average molecular weight is 546 g/mol. The van der Waals surface area contributed by atoms with Crippen LogP contribution in [0.15, 0.2) is 73.1 Å². The van der Waals surface area contributed by atoms with Crippen LogP contribution in [0.4, 0.5) is 0 Å². The summed E-state index contributed by atoms with van der Waals surface area (Å²) < 4.78 is 21.4. The molecule has 0 aliphatic carbocycles. The quantitative estimate of drug-likeness (QED) is 0.210. The summed E-state index contributed by atoms with van der Waals surface area (Å²) in [5, 5.41) is 19.5. The van der Waals surface area contributed by atoms with Crippen LogP contribution in [-0.2, 0) is 26.2 Å². The molecule has 0 atom stereocenters. The van der Waals surface area contributed by atoms with Crippen molar-refractivity contribution < 1.29 is 65.6 Å². The minimum atomic E-state index is -4.34. The van der Waals surface area contributed by atoms with Crippen molar-refractivity contribution in [1.29, 1.82) is 0 Å². The maximum Gasteiger partial charge on any atom is 2.00 e.